The Morgan fingerprint density at radius 1 is 0.327 bits per heavy atom. The van der Waals surface area contributed by atoms with Crippen LogP contribution in [-0.2, 0) is 5.41 Å². The molecule has 1 nitrogen and oxygen atoms in total. The van der Waals surface area contributed by atoms with Crippen LogP contribution in [-0.4, -0.2) is 0 Å². The van der Waals surface area contributed by atoms with Crippen LogP contribution in [0.3, 0.4) is 0 Å². The average Bonchev–Trinajstić information content (AvgIpc) is 3.67. The van der Waals surface area contributed by atoms with Crippen molar-refractivity contribution in [3.8, 4) is 67.1 Å². The lowest BCUT2D eigenvalue weighted by atomic mass is 9.69. The summed E-state index contributed by atoms with van der Waals surface area (Å²) in [5, 5.41) is 4.92. The van der Waals surface area contributed by atoms with E-state index in [0.29, 0.717) is 0 Å². The molecule has 2 aliphatic carbocycles. The Morgan fingerprint density at radius 2 is 0.981 bits per heavy atom. The maximum atomic E-state index is 6.50. The molecule has 9 aromatic rings. The summed E-state index contributed by atoms with van der Waals surface area (Å²) < 4.78 is 6.50. The zero-order valence-corrected chi connectivity index (χ0v) is 28.2. The summed E-state index contributed by atoms with van der Waals surface area (Å²) in [6, 6.07) is 67.4. The van der Waals surface area contributed by atoms with E-state index in [0.717, 1.165) is 17.1 Å². The van der Waals surface area contributed by atoms with Gasteiger partial charge < -0.3 is 4.74 Å². The topological polar surface area (TPSA) is 9.23 Å². The normalized spacial score (nSPS) is 13.7. The monoisotopic (exact) mass is 658 g/mol. The first kappa shape index (κ1) is 28.0. The van der Waals surface area contributed by atoms with Crippen molar-refractivity contribution in [2.24, 2.45) is 0 Å². The molecule has 0 saturated carbocycles. The fourth-order valence-corrected chi connectivity index (χ4v) is 9.78. The van der Waals surface area contributed by atoms with Crippen molar-refractivity contribution >= 4 is 21.5 Å². The van der Waals surface area contributed by atoms with E-state index in [-0.39, 0.29) is 0 Å². The smallest absolute Gasteiger partial charge is 0.135 e. The Labute approximate surface area is 302 Å². The van der Waals surface area contributed by atoms with Gasteiger partial charge in [0.15, 0.2) is 0 Å². The molecule has 3 aliphatic rings. The lowest BCUT2D eigenvalue weighted by Gasteiger charge is -2.31. The summed E-state index contributed by atoms with van der Waals surface area (Å²) in [5.41, 5.74) is 17.5. The largest absolute Gasteiger partial charge is 0.456 e. The zero-order valence-electron chi connectivity index (χ0n) is 28.2. The van der Waals surface area contributed by atoms with Gasteiger partial charge in [-0.25, -0.2) is 0 Å². The van der Waals surface area contributed by atoms with E-state index in [1.807, 2.05) is 0 Å². The molecule has 0 unspecified atom stereocenters. The van der Waals surface area contributed by atoms with Crippen LogP contribution in [0.2, 0.25) is 0 Å². The highest BCUT2D eigenvalue weighted by atomic mass is 16.5. The molecule has 0 aromatic heterocycles. The summed E-state index contributed by atoms with van der Waals surface area (Å²) in [6.45, 7) is 0. The molecule has 1 heterocycles. The molecule has 1 aliphatic heterocycles. The van der Waals surface area contributed by atoms with E-state index >= 15 is 0 Å². The molecule has 9 aromatic carbocycles. The molecule has 0 N–H and O–H groups in total. The summed E-state index contributed by atoms with van der Waals surface area (Å²) >= 11 is 0. The minimum Gasteiger partial charge on any atom is -0.456 e. The van der Waals surface area contributed by atoms with Gasteiger partial charge in [0.2, 0.25) is 0 Å². The summed E-state index contributed by atoms with van der Waals surface area (Å²) in [4.78, 5) is 0. The van der Waals surface area contributed by atoms with Crippen molar-refractivity contribution in [3.63, 3.8) is 0 Å². The van der Waals surface area contributed by atoms with E-state index in [9.17, 15) is 0 Å². The Kier molecular flexibility index (Phi) is 5.49. The fourth-order valence-electron chi connectivity index (χ4n) is 9.78. The molecule has 1 heteroatoms. The Balaban J connectivity index is 1.18. The second-order valence-corrected chi connectivity index (χ2v) is 14.3. The van der Waals surface area contributed by atoms with Gasteiger partial charge in [-0.15, -0.1) is 0 Å². The SMILES string of the molecule is c1ccc(-c2c3c(cc4ccccc24)C2(c4ccccc4-c4ccccc42)c2cc(-c4ccc5c(c4)-c4cccc6cccc(c46)O5)ccc2-3)cc1. The third-order valence-corrected chi connectivity index (χ3v) is 11.9. The Bertz CT molecular complexity index is 2940. The number of fused-ring (bicyclic) bond motifs is 13. The van der Waals surface area contributed by atoms with Gasteiger partial charge in [-0.2, -0.15) is 0 Å². The highest BCUT2D eigenvalue weighted by molar-refractivity contribution is 6.11. The molecule has 0 fully saturated rings. The first-order valence-electron chi connectivity index (χ1n) is 18.1. The molecule has 52 heavy (non-hydrogen) atoms. The second kappa shape index (κ2) is 10.2. The first-order chi connectivity index (χ1) is 25.8. The molecule has 0 saturated heterocycles. The van der Waals surface area contributed by atoms with E-state index in [1.54, 1.807) is 0 Å². The molecule has 1 spiro atoms. The molecular formula is C51H30O. The van der Waals surface area contributed by atoms with Gasteiger partial charge in [-0.05, 0) is 119 Å². The number of hydrogen-bond donors (Lipinski definition) is 0. The van der Waals surface area contributed by atoms with Gasteiger partial charge in [-0.3, -0.25) is 0 Å². The molecule has 0 amide bonds. The van der Waals surface area contributed by atoms with Crippen LogP contribution in [0, 0.1) is 0 Å². The van der Waals surface area contributed by atoms with Crippen molar-refractivity contribution in [2.75, 3.05) is 0 Å². The van der Waals surface area contributed by atoms with Crippen LogP contribution < -0.4 is 4.74 Å². The van der Waals surface area contributed by atoms with Crippen LogP contribution in [0.15, 0.2) is 182 Å². The van der Waals surface area contributed by atoms with Crippen molar-refractivity contribution < 1.29 is 4.74 Å². The van der Waals surface area contributed by atoms with Gasteiger partial charge in [0.25, 0.3) is 0 Å². The maximum absolute atomic E-state index is 6.50. The quantitative estimate of drug-likeness (QED) is 0.180. The maximum Gasteiger partial charge on any atom is 0.135 e. The van der Waals surface area contributed by atoms with E-state index in [4.69, 9.17) is 4.74 Å². The van der Waals surface area contributed by atoms with Gasteiger partial charge in [0, 0.05) is 10.9 Å². The minimum absolute atomic E-state index is 0.469. The van der Waals surface area contributed by atoms with Crippen LogP contribution >= 0.6 is 0 Å². The van der Waals surface area contributed by atoms with E-state index in [2.05, 4.69) is 182 Å². The van der Waals surface area contributed by atoms with Gasteiger partial charge in [-0.1, -0.05) is 152 Å². The highest BCUT2D eigenvalue weighted by Gasteiger charge is 2.52. The van der Waals surface area contributed by atoms with Crippen molar-refractivity contribution in [3.05, 3.63) is 204 Å². The van der Waals surface area contributed by atoms with Gasteiger partial charge >= 0.3 is 0 Å². The lowest BCUT2D eigenvalue weighted by Crippen LogP contribution is -2.26. The lowest BCUT2D eigenvalue weighted by molar-refractivity contribution is 0.487. The van der Waals surface area contributed by atoms with Crippen LogP contribution in [0.25, 0.3) is 77.2 Å². The summed E-state index contributed by atoms with van der Waals surface area (Å²) in [6.07, 6.45) is 0. The number of ether oxygens (including phenoxy) is 1. The molecule has 240 valence electrons. The van der Waals surface area contributed by atoms with Crippen molar-refractivity contribution in [1.82, 2.24) is 0 Å². The standard InChI is InChI=1S/C51H30O/c1-2-12-32(13-3-1)49-36-17-5-4-14-35(36)30-45-50(49)40-26-24-34(29-44(40)51(45)42-21-8-6-18-37(42)38-19-7-9-22-43(38)51)33-25-27-46-41(28-33)39-20-10-15-31-16-11-23-47(52-46)48(31)39/h1-30H. The predicted molar refractivity (Wildman–Crippen MR) is 214 cm³/mol. The molecule has 12 rings (SSSR count). The van der Waals surface area contributed by atoms with Crippen LogP contribution in [0.1, 0.15) is 22.3 Å². The van der Waals surface area contributed by atoms with Gasteiger partial charge in [0.05, 0.1) is 5.41 Å². The Morgan fingerprint density at radius 3 is 1.81 bits per heavy atom. The first-order valence-corrected chi connectivity index (χ1v) is 18.1. The number of hydrogen-bond acceptors (Lipinski definition) is 1. The molecule has 0 bridgehead atoms. The van der Waals surface area contributed by atoms with Gasteiger partial charge in [0.1, 0.15) is 11.5 Å². The van der Waals surface area contributed by atoms with Crippen LogP contribution in [0.5, 0.6) is 11.5 Å². The molecular weight excluding hydrogens is 629 g/mol. The van der Waals surface area contributed by atoms with Crippen LogP contribution in [0.4, 0.5) is 0 Å². The van der Waals surface area contributed by atoms with Crippen molar-refractivity contribution in [2.45, 2.75) is 5.41 Å². The fraction of sp³-hybridized carbons (Fsp3) is 0.0196. The number of benzene rings is 9. The third kappa shape index (κ3) is 3.52. The summed E-state index contributed by atoms with van der Waals surface area (Å²) in [7, 11) is 0. The van der Waals surface area contributed by atoms with E-state index in [1.165, 1.54) is 93.9 Å². The summed E-state index contributed by atoms with van der Waals surface area (Å²) in [5.74, 6) is 1.82. The zero-order chi connectivity index (χ0) is 34.0. The average molecular weight is 659 g/mol. The van der Waals surface area contributed by atoms with Crippen molar-refractivity contribution in [1.29, 1.82) is 0 Å². The predicted octanol–water partition coefficient (Wildman–Crippen LogP) is 13.4. The second-order valence-electron chi connectivity index (χ2n) is 14.3. The number of rotatable bonds is 2. The third-order valence-electron chi connectivity index (χ3n) is 11.9. The molecule has 0 radical (unpaired) electrons. The Hall–Kier alpha value is -6.70. The minimum atomic E-state index is -0.469. The van der Waals surface area contributed by atoms with E-state index < -0.39 is 5.41 Å². The highest BCUT2D eigenvalue weighted by Crippen LogP contribution is 2.65. The molecule has 0 atom stereocenters.